The summed E-state index contributed by atoms with van der Waals surface area (Å²) >= 11 is 6.25. The zero-order valence-electron chi connectivity index (χ0n) is 15.0. The number of imide groups is 1. The third-order valence-electron chi connectivity index (χ3n) is 4.98. The summed E-state index contributed by atoms with van der Waals surface area (Å²) < 4.78 is 5.11. The van der Waals surface area contributed by atoms with Gasteiger partial charge in [0.05, 0.1) is 35.7 Å². The third kappa shape index (κ3) is 3.62. The van der Waals surface area contributed by atoms with Gasteiger partial charge in [-0.15, -0.1) is 0 Å². The van der Waals surface area contributed by atoms with Gasteiger partial charge in [-0.3, -0.25) is 19.3 Å². The summed E-state index contributed by atoms with van der Waals surface area (Å²) in [6.45, 7) is 5.15. The molecule has 0 aliphatic carbocycles. The van der Waals surface area contributed by atoms with E-state index in [-0.39, 0.29) is 30.1 Å². The Morgan fingerprint density at radius 1 is 1.35 bits per heavy atom. The molecule has 2 fully saturated rings. The number of hydrogen-bond donors (Lipinski definition) is 0. The number of ether oxygens (including phenoxy) is 1. The number of amides is 2. The Labute approximate surface area is 158 Å². The van der Waals surface area contributed by atoms with Gasteiger partial charge in [0.1, 0.15) is 0 Å². The largest absolute Gasteiger partial charge is 0.466 e. The van der Waals surface area contributed by atoms with Gasteiger partial charge in [0.15, 0.2) is 0 Å². The molecule has 0 spiro atoms. The summed E-state index contributed by atoms with van der Waals surface area (Å²) in [4.78, 5) is 40.6. The van der Waals surface area contributed by atoms with Crippen molar-refractivity contribution in [3.63, 3.8) is 0 Å². The lowest BCUT2D eigenvalue weighted by molar-refractivity contribution is -0.150. The molecule has 2 atom stereocenters. The molecule has 2 heterocycles. The maximum atomic E-state index is 12.9. The minimum absolute atomic E-state index is 0.110. The Kier molecular flexibility index (Phi) is 5.63. The normalized spacial score (nSPS) is 24.2. The zero-order chi connectivity index (χ0) is 18.8. The zero-order valence-corrected chi connectivity index (χ0v) is 15.8. The van der Waals surface area contributed by atoms with Crippen molar-refractivity contribution in [2.45, 2.75) is 39.2 Å². The highest BCUT2D eigenvalue weighted by molar-refractivity contribution is 6.36. The van der Waals surface area contributed by atoms with E-state index in [4.69, 9.17) is 16.3 Å². The van der Waals surface area contributed by atoms with Crippen LogP contribution in [0.4, 0.5) is 5.69 Å². The summed E-state index contributed by atoms with van der Waals surface area (Å²) in [6, 6.07) is 4.72. The van der Waals surface area contributed by atoms with Crippen molar-refractivity contribution in [3.05, 3.63) is 28.8 Å². The van der Waals surface area contributed by atoms with Crippen molar-refractivity contribution in [2.75, 3.05) is 24.6 Å². The average molecular weight is 379 g/mol. The Hall–Kier alpha value is -1.92. The number of carbonyl (C=O) groups is 3. The molecule has 7 heteroatoms. The highest BCUT2D eigenvalue weighted by atomic mass is 35.5. The topological polar surface area (TPSA) is 66.9 Å². The van der Waals surface area contributed by atoms with Crippen molar-refractivity contribution in [3.8, 4) is 0 Å². The van der Waals surface area contributed by atoms with Gasteiger partial charge in [0.25, 0.3) is 5.91 Å². The lowest BCUT2D eigenvalue weighted by Gasteiger charge is -2.34. The van der Waals surface area contributed by atoms with Crippen LogP contribution in [0.1, 0.15) is 31.7 Å². The van der Waals surface area contributed by atoms with Crippen LogP contribution < -0.4 is 4.90 Å². The molecule has 3 rings (SSSR count). The second-order valence-electron chi connectivity index (χ2n) is 6.83. The van der Waals surface area contributed by atoms with Crippen LogP contribution in [-0.4, -0.2) is 48.4 Å². The van der Waals surface area contributed by atoms with Gasteiger partial charge >= 0.3 is 5.97 Å². The molecule has 0 saturated carbocycles. The SMILES string of the molecule is CCOC(=O)[C@@H]1CCCN([C@@H]2CC(=O)N(c3ccc(C)cc3Cl)C2=O)C1. The Morgan fingerprint density at radius 2 is 2.12 bits per heavy atom. The molecule has 2 aliphatic heterocycles. The average Bonchev–Trinajstić information content (AvgIpc) is 2.90. The first-order valence-electron chi connectivity index (χ1n) is 8.96. The van der Waals surface area contributed by atoms with Crippen LogP contribution >= 0.6 is 11.6 Å². The van der Waals surface area contributed by atoms with Gasteiger partial charge in [-0.25, -0.2) is 4.90 Å². The van der Waals surface area contributed by atoms with Gasteiger partial charge in [-0.2, -0.15) is 0 Å². The Bertz CT molecular complexity index is 736. The molecule has 0 unspecified atom stereocenters. The molecule has 0 aromatic heterocycles. The molecule has 6 nitrogen and oxygen atoms in total. The van der Waals surface area contributed by atoms with E-state index in [9.17, 15) is 14.4 Å². The molecule has 2 amide bonds. The highest BCUT2D eigenvalue weighted by Gasteiger charge is 2.45. The van der Waals surface area contributed by atoms with Gasteiger partial charge < -0.3 is 4.74 Å². The molecule has 1 aromatic carbocycles. The maximum absolute atomic E-state index is 12.9. The van der Waals surface area contributed by atoms with Gasteiger partial charge in [-0.05, 0) is 50.9 Å². The number of piperidine rings is 1. The molecule has 1 aromatic rings. The monoisotopic (exact) mass is 378 g/mol. The minimum Gasteiger partial charge on any atom is -0.466 e. The van der Waals surface area contributed by atoms with E-state index in [0.29, 0.717) is 30.4 Å². The number of nitrogens with zero attached hydrogens (tertiary/aromatic N) is 2. The third-order valence-corrected chi connectivity index (χ3v) is 5.28. The summed E-state index contributed by atoms with van der Waals surface area (Å²) in [5.41, 5.74) is 1.39. The fourth-order valence-corrected chi connectivity index (χ4v) is 4.01. The molecule has 0 radical (unpaired) electrons. The van der Waals surface area contributed by atoms with Crippen LogP contribution in [0.2, 0.25) is 5.02 Å². The number of rotatable bonds is 4. The van der Waals surface area contributed by atoms with Crippen LogP contribution in [0.3, 0.4) is 0 Å². The predicted octanol–water partition coefficient (Wildman–Crippen LogP) is 2.56. The number of halogens is 1. The Balaban J connectivity index is 1.77. The van der Waals surface area contributed by atoms with Gasteiger partial charge in [0.2, 0.25) is 5.91 Å². The van der Waals surface area contributed by atoms with E-state index in [1.165, 1.54) is 4.90 Å². The molecule has 0 N–H and O–H groups in total. The molecule has 140 valence electrons. The van der Waals surface area contributed by atoms with Crippen LogP contribution in [0.25, 0.3) is 0 Å². The van der Waals surface area contributed by atoms with Crippen molar-refractivity contribution in [1.82, 2.24) is 4.90 Å². The maximum Gasteiger partial charge on any atom is 0.310 e. The summed E-state index contributed by atoms with van der Waals surface area (Å²) in [5, 5.41) is 0.385. The van der Waals surface area contributed by atoms with Crippen LogP contribution in [0.5, 0.6) is 0 Å². The van der Waals surface area contributed by atoms with Crippen LogP contribution in [0, 0.1) is 12.8 Å². The number of hydrogen-bond acceptors (Lipinski definition) is 5. The lowest BCUT2D eigenvalue weighted by Crippen LogP contribution is -2.48. The fourth-order valence-electron chi connectivity index (χ4n) is 3.69. The van der Waals surface area contributed by atoms with E-state index >= 15 is 0 Å². The Morgan fingerprint density at radius 3 is 2.81 bits per heavy atom. The number of likely N-dealkylation sites (tertiary alicyclic amines) is 1. The fraction of sp³-hybridized carbons (Fsp3) is 0.526. The predicted molar refractivity (Wildman–Crippen MR) is 98.0 cm³/mol. The van der Waals surface area contributed by atoms with E-state index in [1.807, 2.05) is 17.9 Å². The smallest absolute Gasteiger partial charge is 0.310 e. The number of carbonyl (C=O) groups excluding carboxylic acids is 3. The van der Waals surface area contributed by atoms with Crippen molar-refractivity contribution < 1.29 is 19.1 Å². The van der Waals surface area contributed by atoms with Gasteiger partial charge in [-0.1, -0.05) is 17.7 Å². The lowest BCUT2D eigenvalue weighted by atomic mass is 9.96. The molecule has 26 heavy (non-hydrogen) atoms. The number of benzene rings is 1. The van der Waals surface area contributed by atoms with Crippen molar-refractivity contribution in [2.24, 2.45) is 5.92 Å². The van der Waals surface area contributed by atoms with Crippen LogP contribution in [0.15, 0.2) is 18.2 Å². The second kappa shape index (κ2) is 7.76. The minimum atomic E-state index is -0.544. The molecular weight excluding hydrogens is 356 g/mol. The quantitative estimate of drug-likeness (QED) is 0.595. The van der Waals surface area contributed by atoms with Gasteiger partial charge in [0, 0.05) is 6.54 Å². The first-order chi connectivity index (χ1) is 12.4. The summed E-state index contributed by atoms with van der Waals surface area (Å²) in [6.07, 6.45) is 1.66. The standard InChI is InChI=1S/C19H23ClN2O4/c1-3-26-19(25)13-5-4-8-21(11-13)16-10-17(23)22(18(16)24)15-7-6-12(2)9-14(15)20/h6-7,9,13,16H,3-5,8,10-11H2,1-2H3/t13-,16-/m1/s1. The molecule has 2 saturated heterocycles. The van der Waals surface area contributed by atoms with Crippen molar-refractivity contribution >= 4 is 35.1 Å². The summed E-state index contributed by atoms with van der Waals surface area (Å²) in [5.74, 6) is -1.01. The van der Waals surface area contributed by atoms with E-state index in [2.05, 4.69) is 0 Å². The molecule has 2 aliphatic rings. The number of esters is 1. The highest BCUT2D eigenvalue weighted by Crippen LogP contribution is 2.33. The van der Waals surface area contributed by atoms with Crippen LogP contribution in [-0.2, 0) is 19.1 Å². The van der Waals surface area contributed by atoms with E-state index in [0.717, 1.165) is 18.4 Å². The second-order valence-corrected chi connectivity index (χ2v) is 7.24. The molecule has 0 bridgehead atoms. The first-order valence-corrected chi connectivity index (χ1v) is 9.33. The number of aryl methyl sites for hydroxylation is 1. The van der Waals surface area contributed by atoms with E-state index in [1.54, 1.807) is 19.1 Å². The van der Waals surface area contributed by atoms with Crippen molar-refractivity contribution in [1.29, 1.82) is 0 Å². The summed E-state index contributed by atoms with van der Waals surface area (Å²) in [7, 11) is 0. The van der Waals surface area contributed by atoms with E-state index < -0.39 is 6.04 Å². The first kappa shape index (κ1) is 18.9. The molecular formula is C19H23ClN2O4. The number of anilines is 1.